The number of carbonyl (C=O) groups is 1. The molecule has 0 bridgehead atoms. The van der Waals surface area contributed by atoms with Crippen LogP contribution in [-0.2, 0) is 4.79 Å². The second kappa shape index (κ2) is 8.60. The fourth-order valence-electron chi connectivity index (χ4n) is 0.923. The third-order valence-electron chi connectivity index (χ3n) is 1.43. The van der Waals surface area contributed by atoms with Gasteiger partial charge in [0.2, 0.25) is 0 Å². The van der Waals surface area contributed by atoms with Crippen LogP contribution >= 0.6 is 0 Å². The van der Waals surface area contributed by atoms with E-state index in [0.29, 0.717) is 0 Å². The quantitative estimate of drug-likeness (QED) is 0.709. The molecule has 1 aromatic heterocycles. The summed E-state index contributed by atoms with van der Waals surface area (Å²) in [5.74, 6) is 0.0833. The number of allylic oxidation sites excluding steroid dienone is 4. The smallest absolute Gasteiger partial charge is 0.178 e. The van der Waals surface area contributed by atoms with E-state index in [9.17, 15) is 4.79 Å². The Bertz CT molecular complexity index is 309. The van der Waals surface area contributed by atoms with Gasteiger partial charge in [-0.25, -0.2) is 0 Å². The lowest BCUT2D eigenvalue weighted by atomic mass is 10.2. The highest BCUT2D eigenvalue weighted by atomic mass is 16.1. The minimum Gasteiger partial charge on any atom is -0.290 e. The summed E-state index contributed by atoms with van der Waals surface area (Å²) in [6, 6.07) is 5.72. The molecule has 0 saturated heterocycles. The fraction of sp³-hybridized carbons (Fsp3) is 0.286. The number of nitrogens with zero attached hydrogens (tertiary/aromatic N) is 1. The number of carbonyl (C=O) groups excluding carboxylic acids is 1. The summed E-state index contributed by atoms with van der Waals surface area (Å²) in [5.41, 5.74) is 2.09. The molecule has 0 aliphatic heterocycles. The molecule has 0 aliphatic rings. The summed E-state index contributed by atoms with van der Waals surface area (Å²) < 4.78 is 0. The van der Waals surface area contributed by atoms with Gasteiger partial charge in [0.1, 0.15) is 0 Å². The van der Waals surface area contributed by atoms with Crippen molar-refractivity contribution in [2.24, 2.45) is 0 Å². The van der Waals surface area contributed by atoms with Gasteiger partial charge >= 0.3 is 0 Å². The zero-order chi connectivity index (χ0) is 12.4. The first kappa shape index (κ1) is 14.3. The van der Waals surface area contributed by atoms with E-state index in [1.807, 2.05) is 45.9 Å². The highest BCUT2D eigenvalue weighted by molar-refractivity contribution is 5.99. The maximum Gasteiger partial charge on any atom is 0.178 e. The Kier molecular flexibility index (Phi) is 7.68. The molecule has 0 aromatic carbocycles. The monoisotopic (exact) mass is 217 g/mol. The third kappa shape index (κ3) is 10.4. The zero-order valence-electron chi connectivity index (χ0n) is 10.4. The van der Waals surface area contributed by atoms with Crippen LogP contribution in [-0.4, -0.2) is 10.8 Å². The number of hydrogen-bond acceptors (Lipinski definition) is 2. The molecule has 0 unspecified atom stereocenters. The molecule has 2 heteroatoms. The van der Waals surface area contributed by atoms with E-state index in [-0.39, 0.29) is 5.78 Å². The van der Waals surface area contributed by atoms with Gasteiger partial charge in [-0.15, -0.1) is 0 Å². The van der Waals surface area contributed by atoms with Gasteiger partial charge in [0.15, 0.2) is 5.78 Å². The Morgan fingerprint density at radius 3 is 1.50 bits per heavy atom. The van der Waals surface area contributed by atoms with E-state index in [0.717, 1.165) is 11.1 Å². The van der Waals surface area contributed by atoms with Crippen molar-refractivity contribution in [3.05, 3.63) is 53.9 Å². The summed E-state index contributed by atoms with van der Waals surface area (Å²) in [5, 5.41) is 0. The number of rotatable bonds is 2. The largest absolute Gasteiger partial charge is 0.290 e. The second-order valence-electron chi connectivity index (χ2n) is 3.87. The Morgan fingerprint density at radius 1 is 0.875 bits per heavy atom. The lowest BCUT2D eigenvalue weighted by Gasteiger charge is -1.87. The average molecular weight is 217 g/mol. The molecule has 86 valence electrons. The van der Waals surface area contributed by atoms with Gasteiger partial charge in [0.25, 0.3) is 0 Å². The van der Waals surface area contributed by atoms with Gasteiger partial charge < -0.3 is 0 Å². The van der Waals surface area contributed by atoms with Crippen molar-refractivity contribution in [1.29, 1.82) is 0 Å². The van der Waals surface area contributed by atoms with Crippen LogP contribution in [0.1, 0.15) is 27.7 Å². The van der Waals surface area contributed by atoms with Crippen molar-refractivity contribution in [3.8, 4) is 0 Å². The highest BCUT2D eigenvalue weighted by Crippen LogP contribution is 1.94. The third-order valence-corrected chi connectivity index (χ3v) is 1.43. The Labute approximate surface area is 97.7 Å². The highest BCUT2D eigenvalue weighted by Gasteiger charge is 1.89. The molecule has 0 radical (unpaired) electrons. The van der Waals surface area contributed by atoms with Crippen molar-refractivity contribution in [2.75, 3.05) is 0 Å². The number of pyridine rings is 1. The van der Waals surface area contributed by atoms with Crippen molar-refractivity contribution >= 4 is 5.78 Å². The number of hydrogen-bond donors (Lipinski definition) is 0. The Morgan fingerprint density at radius 2 is 1.31 bits per heavy atom. The van der Waals surface area contributed by atoms with E-state index in [4.69, 9.17) is 0 Å². The first-order valence-electron chi connectivity index (χ1n) is 5.21. The summed E-state index contributed by atoms with van der Waals surface area (Å²) in [6.07, 6.45) is 6.76. The minimum absolute atomic E-state index is 0.0833. The van der Waals surface area contributed by atoms with E-state index in [1.165, 1.54) is 0 Å². The maximum atomic E-state index is 10.9. The molecule has 0 atom stereocenters. The van der Waals surface area contributed by atoms with Gasteiger partial charge in [0, 0.05) is 12.4 Å². The van der Waals surface area contributed by atoms with Gasteiger partial charge in [-0.1, -0.05) is 17.2 Å². The summed E-state index contributed by atoms with van der Waals surface area (Å²) in [4.78, 5) is 14.7. The summed E-state index contributed by atoms with van der Waals surface area (Å²) >= 11 is 0. The zero-order valence-corrected chi connectivity index (χ0v) is 10.4. The first-order chi connectivity index (χ1) is 7.52. The van der Waals surface area contributed by atoms with E-state index in [2.05, 4.69) is 4.98 Å². The average Bonchev–Trinajstić information content (AvgIpc) is 2.18. The van der Waals surface area contributed by atoms with E-state index < -0.39 is 0 Å². The van der Waals surface area contributed by atoms with Crippen LogP contribution in [0.3, 0.4) is 0 Å². The normalized spacial score (nSPS) is 8.25. The van der Waals surface area contributed by atoms with Crippen LogP contribution < -0.4 is 0 Å². The number of ketones is 1. The molecule has 1 aromatic rings. The minimum atomic E-state index is 0.0833. The molecule has 0 fully saturated rings. The molecule has 0 amide bonds. The lowest BCUT2D eigenvalue weighted by molar-refractivity contribution is -0.110. The molecular weight excluding hydrogens is 198 g/mol. The molecule has 0 N–H and O–H groups in total. The summed E-state index contributed by atoms with van der Waals surface area (Å²) in [7, 11) is 0. The SMILES string of the molecule is CC(C)=CC(=O)C=C(C)C.c1ccncc1. The van der Waals surface area contributed by atoms with Crippen LogP contribution in [0.15, 0.2) is 53.9 Å². The topological polar surface area (TPSA) is 30.0 Å². The molecule has 2 nitrogen and oxygen atoms in total. The van der Waals surface area contributed by atoms with Crippen molar-refractivity contribution in [3.63, 3.8) is 0 Å². The van der Waals surface area contributed by atoms with Crippen LogP contribution in [0.4, 0.5) is 0 Å². The van der Waals surface area contributed by atoms with Gasteiger partial charge in [0.05, 0.1) is 0 Å². The van der Waals surface area contributed by atoms with E-state index >= 15 is 0 Å². The fourth-order valence-corrected chi connectivity index (χ4v) is 0.923. The van der Waals surface area contributed by atoms with Crippen molar-refractivity contribution < 1.29 is 4.79 Å². The molecule has 0 aliphatic carbocycles. The van der Waals surface area contributed by atoms with E-state index in [1.54, 1.807) is 24.5 Å². The Hall–Kier alpha value is -1.70. The summed E-state index contributed by atoms with van der Waals surface area (Å²) in [6.45, 7) is 7.65. The lowest BCUT2D eigenvalue weighted by Crippen LogP contribution is -1.87. The number of aromatic nitrogens is 1. The van der Waals surface area contributed by atoms with Crippen LogP contribution in [0.25, 0.3) is 0 Å². The molecule has 1 heterocycles. The van der Waals surface area contributed by atoms with Crippen LogP contribution in [0.5, 0.6) is 0 Å². The van der Waals surface area contributed by atoms with Gasteiger partial charge in [-0.2, -0.15) is 0 Å². The second-order valence-corrected chi connectivity index (χ2v) is 3.87. The molecule has 0 spiro atoms. The molecular formula is C14H19NO. The maximum absolute atomic E-state index is 10.9. The predicted molar refractivity (Wildman–Crippen MR) is 68.1 cm³/mol. The van der Waals surface area contributed by atoms with Crippen LogP contribution in [0, 0.1) is 0 Å². The predicted octanol–water partition coefficient (Wildman–Crippen LogP) is 3.57. The molecule has 16 heavy (non-hydrogen) atoms. The Balaban J connectivity index is 0.000000315. The van der Waals surface area contributed by atoms with Crippen molar-refractivity contribution in [1.82, 2.24) is 4.98 Å². The van der Waals surface area contributed by atoms with Crippen molar-refractivity contribution in [2.45, 2.75) is 27.7 Å². The van der Waals surface area contributed by atoms with Gasteiger partial charge in [-0.3, -0.25) is 9.78 Å². The van der Waals surface area contributed by atoms with Gasteiger partial charge in [-0.05, 0) is 52.0 Å². The standard InChI is InChI=1S/C9H14O.C5H5N/c1-7(2)5-9(10)6-8(3)4;1-2-4-6-5-3-1/h5-6H,1-4H3;1-5H. The first-order valence-corrected chi connectivity index (χ1v) is 5.21. The molecule has 0 saturated carbocycles. The van der Waals surface area contributed by atoms with Crippen LogP contribution in [0.2, 0.25) is 0 Å². The molecule has 1 rings (SSSR count).